The molecule has 0 aliphatic carbocycles. The van der Waals surface area contributed by atoms with E-state index in [1.807, 2.05) is 66.7 Å². The van der Waals surface area contributed by atoms with Gasteiger partial charge in [0.15, 0.2) is 5.75 Å². The number of aromatic nitrogens is 1. The molecule has 0 unspecified atom stereocenters. The normalized spacial score (nSPS) is 10.7. The first-order chi connectivity index (χ1) is 16.2. The Morgan fingerprint density at radius 1 is 0.727 bits per heavy atom. The fourth-order valence-electron chi connectivity index (χ4n) is 3.50. The molecule has 0 fully saturated rings. The minimum Gasteiger partial charge on any atom is -0.483 e. The van der Waals surface area contributed by atoms with E-state index in [9.17, 15) is 9.59 Å². The van der Waals surface area contributed by atoms with Gasteiger partial charge in [-0.1, -0.05) is 91.0 Å². The molecule has 0 saturated carbocycles. The summed E-state index contributed by atoms with van der Waals surface area (Å²) in [5.41, 5.74) is 2.38. The summed E-state index contributed by atoms with van der Waals surface area (Å²) in [4.78, 5) is 26.2. The van der Waals surface area contributed by atoms with E-state index in [-0.39, 0.29) is 29.3 Å². The van der Waals surface area contributed by atoms with E-state index in [2.05, 4.69) is 0 Å². The second-order valence-corrected chi connectivity index (χ2v) is 7.56. The molecule has 33 heavy (non-hydrogen) atoms. The van der Waals surface area contributed by atoms with Crippen LogP contribution in [-0.4, -0.2) is 17.0 Å². The molecule has 0 spiro atoms. The largest absolute Gasteiger partial charge is 0.483 e. The number of rotatable bonds is 10. The Kier molecular flexibility index (Phi) is 7.46. The van der Waals surface area contributed by atoms with Crippen LogP contribution in [0.25, 0.3) is 0 Å². The molecule has 0 aliphatic rings. The van der Waals surface area contributed by atoms with Gasteiger partial charge in [-0.3, -0.25) is 9.59 Å². The standard InChI is InChI=1S/C28H25NO4/c30-25-16-17-29(18-19-32-20-22-10-4-1-5-11-22)26(27(31)24-14-8-3-9-15-24)28(25)33-21-23-12-6-2-7-13-23/h1-17H,18-21H2. The number of nitrogens with zero attached hydrogens (tertiary/aromatic N) is 1. The van der Waals surface area contributed by atoms with Crippen LogP contribution >= 0.6 is 0 Å². The number of pyridine rings is 1. The third-order valence-electron chi connectivity index (χ3n) is 5.20. The van der Waals surface area contributed by atoms with Crippen LogP contribution in [0.15, 0.2) is 108 Å². The molecule has 0 saturated heterocycles. The Morgan fingerprint density at radius 2 is 1.30 bits per heavy atom. The lowest BCUT2D eigenvalue weighted by Crippen LogP contribution is -2.22. The van der Waals surface area contributed by atoms with Crippen LogP contribution in [0.5, 0.6) is 5.75 Å². The number of hydrogen-bond donors (Lipinski definition) is 0. The lowest BCUT2D eigenvalue weighted by molar-refractivity contribution is 0.0996. The monoisotopic (exact) mass is 439 g/mol. The Bertz CT molecular complexity index is 1240. The van der Waals surface area contributed by atoms with Crippen molar-refractivity contribution in [3.05, 3.63) is 136 Å². The average molecular weight is 440 g/mol. The van der Waals surface area contributed by atoms with Gasteiger partial charge in [-0.15, -0.1) is 0 Å². The van der Waals surface area contributed by atoms with Crippen LogP contribution < -0.4 is 10.2 Å². The summed E-state index contributed by atoms with van der Waals surface area (Å²) in [6, 6.07) is 29.8. The maximum absolute atomic E-state index is 13.4. The molecule has 0 N–H and O–H groups in total. The second-order valence-electron chi connectivity index (χ2n) is 7.56. The van der Waals surface area contributed by atoms with E-state index in [0.717, 1.165) is 11.1 Å². The zero-order valence-corrected chi connectivity index (χ0v) is 18.2. The van der Waals surface area contributed by atoms with E-state index >= 15 is 0 Å². The summed E-state index contributed by atoms with van der Waals surface area (Å²) in [7, 11) is 0. The first-order valence-electron chi connectivity index (χ1n) is 10.8. The highest BCUT2D eigenvalue weighted by molar-refractivity contribution is 6.09. The summed E-state index contributed by atoms with van der Waals surface area (Å²) in [5.74, 6) is -0.210. The molecule has 3 aromatic carbocycles. The number of hydrogen-bond acceptors (Lipinski definition) is 4. The quantitative estimate of drug-likeness (QED) is 0.261. The van der Waals surface area contributed by atoms with Crippen LogP contribution in [0.1, 0.15) is 27.2 Å². The molecule has 0 bridgehead atoms. The lowest BCUT2D eigenvalue weighted by atomic mass is 10.1. The van der Waals surface area contributed by atoms with E-state index in [0.29, 0.717) is 25.3 Å². The molecule has 166 valence electrons. The van der Waals surface area contributed by atoms with Crippen LogP contribution in [-0.2, 0) is 24.5 Å². The topological polar surface area (TPSA) is 57.5 Å². The zero-order chi connectivity index (χ0) is 22.9. The van der Waals surface area contributed by atoms with Crippen molar-refractivity contribution in [1.29, 1.82) is 0 Å². The maximum Gasteiger partial charge on any atom is 0.224 e. The van der Waals surface area contributed by atoms with E-state index in [4.69, 9.17) is 9.47 Å². The van der Waals surface area contributed by atoms with Gasteiger partial charge in [0.2, 0.25) is 11.2 Å². The van der Waals surface area contributed by atoms with Crippen molar-refractivity contribution in [3.8, 4) is 5.75 Å². The molecule has 4 rings (SSSR count). The summed E-state index contributed by atoms with van der Waals surface area (Å²) in [6.07, 6.45) is 1.62. The van der Waals surface area contributed by atoms with Gasteiger partial charge in [0.1, 0.15) is 12.3 Å². The van der Waals surface area contributed by atoms with Crippen LogP contribution in [0.4, 0.5) is 0 Å². The molecular weight excluding hydrogens is 414 g/mol. The van der Waals surface area contributed by atoms with Crippen molar-refractivity contribution < 1.29 is 14.3 Å². The first-order valence-corrected chi connectivity index (χ1v) is 10.8. The van der Waals surface area contributed by atoms with Crippen molar-refractivity contribution >= 4 is 5.78 Å². The highest BCUT2D eigenvalue weighted by Crippen LogP contribution is 2.20. The third kappa shape index (κ3) is 5.84. The van der Waals surface area contributed by atoms with E-state index < -0.39 is 0 Å². The predicted octanol–water partition coefficient (Wildman–Crippen LogP) is 4.88. The number of ether oxygens (including phenoxy) is 2. The molecule has 0 amide bonds. The highest BCUT2D eigenvalue weighted by atomic mass is 16.5. The lowest BCUT2D eigenvalue weighted by Gasteiger charge is -2.17. The Labute approximate surface area is 192 Å². The van der Waals surface area contributed by atoms with Crippen molar-refractivity contribution in [1.82, 2.24) is 4.57 Å². The van der Waals surface area contributed by atoms with E-state index in [1.54, 1.807) is 35.0 Å². The summed E-state index contributed by atoms with van der Waals surface area (Å²) in [5, 5.41) is 0. The van der Waals surface area contributed by atoms with Crippen molar-refractivity contribution in [2.24, 2.45) is 0 Å². The molecule has 0 atom stereocenters. The molecule has 5 heteroatoms. The number of ketones is 1. The second kappa shape index (κ2) is 11.1. The van der Waals surface area contributed by atoms with Gasteiger partial charge in [-0.2, -0.15) is 0 Å². The molecule has 4 aromatic rings. The van der Waals surface area contributed by atoms with Gasteiger partial charge in [-0.25, -0.2) is 0 Å². The minimum absolute atomic E-state index is 0.0539. The van der Waals surface area contributed by atoms with E-state index in [1.165, 1.54) is 6.07 Å². The Morgan fingerprint density at radius 3 is 1.94 bits per heavy atom. The average Bonchev–Trinajstić information content (AvgIpc) is 2.87. The summed E-state index contributed by atoms with van der Waals surface area (Å²) < 4.78 is 13.5. The molecule has 0 aliphatic heterocycles. The maximum atomic E-state index is 13.4. The van der Waals surface area contributed by atoms with Gasteiger partial charge < -0.3 is 14.0 Å². The smallest absolute Gasteiger partial charge is 0.224 e. The summed E-state index contributed by atoms with van der Waals surface area (Å²) >= 11 is 0. The summed E-state index contributed by atoms with van der Waals surface area (Å²) in [6.45, 7) is 1.45. The zero-order valence-electron chi connectivity index (χ0n) is 18.2. The highest BCUT2D eigenvalue weighted by Gasteiger charge is 2.21. The number of carbonyl (C=O) groups excluding carboxylic acids is 1. The van der Waals surface area contributed by atoms with Gasteiger partial charge >= 0.3 is 0 Å². The minimum atomic E-state index is -0.327. The fraction of sp³-hybridized carbons (Fsp3) is 0.143. The Balaban J connectivity index is 1.59. The molecule has 1 aromatic heterocycles. The van der Waals surface area contributed by atoms with Gasteiger partial charge in [0, 0.05) is 24.4 Å². The third-order valence-corrected chi connectivity index (χ3v) is 5.20. The van der Waals surface area contributed by atoms with Crippen LogP contribution in [0.2, 0.25) is 0 Å². The SMILES string of the molecule is O=C(c1ccccc1)c1c(OCc2ccccc2)c(=O)ccn1CCOCc1ccccc1. The van der Waals surface area contributed by atoms with Crippen LogP contribution in [0.3, 0.4) is 0 Å². The molecule has 0 radical (unpaired) electrons. The first kappa shape index (κ1) is 22.2. The molecular formula is C28H25NO4. The number of benzene rings is 3. The van der Waals surface area contributed by atoms with Crippen LogP contribution in [0, 0.1) is 0 Å². The Hall–Kier alpha value is -3.96. The van der Waals surface area contributed by atoms with Crippen molar-refractivity contribution in [2.45, 2.75) is 19.8 Å². The molecule has 1 heterocycles. The predicted molar refractivity (Wildman–Crippen MR) is 127 cm³/mol. The van der Waals surface area contributed by atoms with Crippen molar-refractivity contribution in [3.63, 3.8) is 0 Å². The molecule has 5 nitrogen and oxygen atoms in total. The van der Waals surface area contributed by atoms with Gasteiger partial charge in [0.25, 0.3) is 0 Å². The van der Waals surface area contributed by atoms with Gasteiger partial charge in [0.05, 0.1) is 13.2 Å². The van der Waals surface area contributed by atoms with Crippen molar-refractivity contribution in [2.75, 3.05) is 6.61 Å². The van der Waals surface area contributed by atoms with Gasteiger partial charge in [-0.05, 0) is 11.1 Å². The number of carbonyl (C=O) groups is 1. The fourth-order valence-corrected chi connectivity index (χ4v) is 3.50.